The molecule has 1 aromatic heterocycles. The summed E-state index contributed by atoms with van der Waals surface area (Å²) in [6.45, 7) is 1.16. The number of amides is 2. The summed E-state index contributed by atoms with van der Waals surface area (Å²) in [5, 5.41) is 0. The highest BCUT2D eigenvalue weighted by molar-refractivity contribution is 6.02. The van der Waals surface area contributed by atoms with Crippen LogP contribution in [0.5, 0.6) is 0 Å². The SMILES string of the molecule is O=C1CCC(=O)N1C1CN(c2ccc(F)cn2)C1. The monoisotopic (exact) mass is 249 g/mol. The zero-order valence-corrected chi connectivity index (χ0v) is 9.67. The molecule has 0 spiro atoms. The number of carbonyl (C=O) groups is 2. The molecule has 18 heavy (non-hydrogen) atoms. The molecule has 2 aliphatic heterocycles. The van der Waals surface area contributed by atoms with Crippen molar-refractivity contribution in [2.45, 2.75) is 18.9 Å². The Morgan fingerprint density at radius 3 is 2.39 bits per heavy atom. The molecule has 1 aromatic rings. The van der Waals surface area contributed by atoms with Gasteiger partial charge in [-0.2, -0.15) is 0 Å². The van der Waals surface area contributed by atoms with Crippen molar-refractivity contribution in [1.29, 1.82) is 0 Å². The fraction of sp³-hybridized carbons (Fsp3) is 0.417. The molecule has 6 heteroatoms. The number of hydrogen-bond acceptors (Lipinski definition) is 4. The van der Waals surface area contributed by atoms with Crippen LogP contribution in [0, 0.1) is 5.82 Å². The Morgan fingerprint density at radius 1 is 1.17 bits per heavy atom. The molecule has 0 aliphatic carbocycles. The summed E-state index contributed by atoms with van der Waals surface area (Å²) < 4.78 is 12.7. The topological polar surface area (TPSA) is 53.5 Å². The first-order chi connectivity index (χ1) is 8.65. The lowest BCUT2D eigenvalue weighted by atomic mass is 10.1. The minimum Gasteiger partial charge on any atom is -0.352 e. The van der Waals surface area contributed by atoms with Crippen molar-refractivity contribution in [1.82, 2.24) is 9.88 Å². The number of rotatable bonds is 2. The van der Waals surface area contributed by atoms with E-state index in [0.29, 0.717) is 31.7 Å². The van der Waals surface area contributed by atoms with Crippen LogP contribution in [0.4, 0.5) is 10.2 Å². The predicted molar refractivity (Wildman–Crippen MR) is 61.3 cm³/mol. The van der Waals surface area contributed by atoms with Crippen molar-refractivity contribution < 1.29 is 14.0 Å². The van der Waals surface area contributed by atoms with Crippen LogP contribution in [-0.4, -0.2) is 40.8 Å². The first-order valence-corrected chi connectivity index (χ1v) is 5.86. The average molecular weight is 249 g/mol. The zero-order chi connectivity index (χ0) is 12.7. The van der Waals surface area contributed by atoms with Gasteiger partial charge >= 0.3 is 0 Å². The van der Waals surface area contributed by atoms with Crippen LogP contribution in [0.3, 0.4) is 0 Å². The van der Waals surface area contributed by atoms with E-state index in [9.17, 15) is 14.0 Å². The summed E-state index contributed by atoms with van der Waals surface area (Å²) in [5.41, 5.74) is 0. The predicted octanol–water partition coefficient (Wildman–Crippen LogP) is 0.558. The third kappa shape index (κ3) is 1.73. The Kier molecular flexibility index (Phi) is 2.50. The Balaban J connectivity index is 1.65. The molecule has 0 bridgehead atoms. The van der Waals surface area contributed by atoms with Gasteiger partial charge in [0, 0.05) is 25.9 Å². The molecule has 5 nitrogen and oxygen atoms in total. The van der Waals surface area contributed by atoms with Crippen molar-refractivity contribution in [2.24, 2.45) is 0 Å². The minimum absolute atomic E-state index is 0.0562. The fourth-order valence-electron chi connectivity index (χ4n) is 2.36. The van der Waals surface area contributed by atoms with E-state index in [0.717, 1.165) is 6.20 Å². The number of imide groups is 1. The van der Waals surface area contributed by atoms with Crippen molar-refractivity contribution in [3.05, 3.63) is 24.1 Å². The second kappa shape index (κ2) is 4.04. The molecule has 0 N–H and O–H groups in total. The second-order valence-corrected chi connectivity index (χ2v) is 4.55. The summed E-state index contributed by atoms with van der Waals surface area (Å²) >= 11 is 0. The van der Waals surface area contributed by atoms with E-state index in [1.165, 1.54) is 11.0 Å². The van der Waals surface area contributed by atoms with Crippen LogP contribution in [0.2, 0.25) is 0 Å². The largest absolute Gasteiger partial charge is 0.352 e. The Hall–Kier alpha value is -1.98. The van der Waals surface area contributed by atoms with Gasteiger partial charge in [0.05, 0.1) is 12.2 Å². The van der Waals surface area contributed by atoms with Gasteiger partial charge in [-0.15, -0.1) is 0 Å². The Labute approximate surface area is 103 Å². The van der Waals surface area contributed by atoms with Gasteiger partial charge in [0.1, 0.15) is 11.6 Å². The first kappa shape index (κ1) is 11.1. The molecule has 0 aromatic carbocycles. The van der Waals surface area contributed by atoms with Gasteiger partial charge in [-0.25, -0.2) is 9.37 Å². The van der Waals surface area contributed by atoms with Gasteiger partial charge < -0.3 is 4.90 Å². The maximum atomic E-state index is 12.7. The van der Waals surface area contributed by atoms with Crippen molar-refractivity contribution in [3.8, 4) is 0 Å². The van der Waals surface area contributed by atoms with Crippen LogP contribution < -0.4 is 4.90 Å². The highest BCUT2D eigenvalue weighted by Crippen LogP contribution is 2.25. The average Bonchev–Trinajstić information content (AvgIpc) is 2.61. The maximum Gasteiger partial charge on any atom is 0.230 e. The fourth-order valence-corrected chi connectivity index (χ4v) is 2.36. The molecule has 2 saturated heterocycles. The molecule has 0 radical (unpaired) electrons. The van der Waals surface area contributed by atoms with Crippen molar-refractivity contribution in [2.75, 3.05) is 18.0 Å². The summed E-state index contributed by atoms with van der Waals surface area (Å²) in [6.07, 6.45) is 1.81. The van der Waals surface area contributed by atoms with Gasteiger partial charge in [-0.3, -0.25) is 14.5 Å². The minimum atomic E-state index is -0.374. The Morgan fingerprint density at radius 2 is 1.83 bits per heavy atom. The van der Waals surface area contributed by atoms with Crippen LogP contribution in [0.15, 0.2) is 18.3 Å². The molecular formula is C12H12FN3O2. The number of likely N-dealkylation sites (tertiary alicyclic amines) is 1. The summed E-state index contributed by atoms with van der Waals surface area (Å²) in [6, 6.07) is 2.89. The van der Waals surface area contributed by atoms with E-state index in [4.69, 9.17) is 0 Å². The van der Waals surface area contributed by atoms with E-state index in [-0.39, 0.29) is 23.7 Å². The molecule has 0 unspecified atom stereocenters. The van der Waals surface area contributed by atoms with Gasteiger partial charge in [-0.05, 0) is 12.1 Å². The van der Waals surface area contributed by atoms with Crippen molar-refractivity contribution in [3.63, 3.8) is 0 Å². The first-order valence-electron chi connectivity index (χ1n) is 5.86. The highest BCUT2D eigenvalue weighted by atomic mass is 19.1. The number of halogens is 1. The normalized spacial score (nSPS) is 20.5. The highest BCUT2D eigenvalue weighted by Gasteiger charge is 2.41. The number of nitrogens with zero attached hydrogens (tertiary/aromatic N) is 3. The number of carbonyl (C=O) groups excluding carboxylic acids is 2. The van der Waals surface area contributed by atoms with E-state index < -0.39 is 0 Å². The number of aromatic nitrogens is 1. The van der Waals surface area contributed by atoms with Gasteiger partial charge in [0.25, 0.3) is 0 Å². The third-order valence-corrected chi connectivity index (χ3v) is 3.35. The molecule has 2 amide bonds. The third-order valence-electron chi connectivity index (χ3n) is 3.35. The second-order valence-electron chi connectivity index (χ2n) is 4.55. The lowest BCUT2D eigenvalue weighted by molar-refractivity contribution is -0.141. The van der Waals surface area contributed by atoms with Crippen molar-refractivity contribution >= 4 is 17.6 Å². The summed E-state index contributed by atoms with van der Waals surface area (Å²) in [7, 11) is 0. The van der Waals surface area contributed by atoms with Gasteiger partial charge in [-0.1, -0.05) is 0 Å². The van der Waals surface area contributed by atoms with E-state index >= 15 is 0 Å². The van der Waals surface area contributed by atoms with Gasteiger partial charge in [0.15, 0.2) is 0 Å². The number of anilines is 1. The van der Waals surface area contributed by atoms with Gasteiger partial charge in [0.2, 0.25) is 11.8 Å². The van der Waals surface area contributed by atoms with E-state index in [1.807, 2.05) is 4.90 Å². The molecule has 3 rings (SSSR count). The number of hydrogen-bond donors (Lipinski definition) is 0. The van der Waals surface area contributed by atoms with Crippen LogP contribution in [-0.2, 0) is 9.59 Å². The van der Waals surface area contributed by atoms with Crippen LogP contribution in [0.25, 0.3) is 0 Å². The lowest BCUT2D eigenvalue weighted by Crippen LogP contribution is -2.61. The summed E-state index contributed by atoms with van der Waals surface area (Å²) in [5.74, 6) is 0.126. The Bertz CT molecular complexity index is 481. The molecule has 0 atom stereocenters. The van der Waals surface area contributed by atoms with Crippen LogP contribution in [0.1, 0.15) is 12.8 Å². The number of pyridine rings is 1. The molecular weight excluding hydrogens is 237 g/mol. The molecule has 2 aliphatic rings. The zero-order valence-electron chi connectivity index (χ0n) is 9.67. The smallest absolute Gasteiger partial charge is 0.230 e. The molecule has 3 heterocycles. The quantitative estimate of drug-likeness (QED) is 0.719. The standard InChI is InChI=1S/C12H12FN3O2/c13-8-1-2-10(14-5-8)15-6-9(7-15)16-11(17)3-4-12(16)18/h1-2,5,9H,3-4,6-7H2. The van der Waals surface area contributed by atoms with E-state index in [2.05, 4.69) is 4.98 Å². The lowest BCUT2D eigenvalue weighted by Gasteiger charge is -2.43. The molecule has 2 fully saturated rings. The van der Waals surface area contributed by atoms with Crippen LogP contribution >= 0.6 is 0 Å². The van der Waals surface area contributed by atoms with E-state index in [1.54, 1.807) is 6.07 Å². The maximum absolute atomic E-state index is 12.7. The molecule has 94 valence electrons. The molecule has 0 saturated carbocycles. The summed E-state index contributed by atoms with van der Waals surface area (Å²) in [4.78, 5) is 30.3.